The lowest BCUT2D eigenvalue weighted by atomic mass is 10.1. The maximum absolute atomic E-state index is 11.8. The highest BCUT2D eigenvalue weighted by molar-refractivity contribution is 5.29. The summed E-state index contributed by atoms with van der Waals surface area (Å²) in [6.45, 7) is -2.49. The summed E-state index contributed by atoms with van der Waals surface area (Å²) in [5, 5.41) is 0. The summed E-state index contributed by atoms with van der Waals surface area (Å²) in [6.07, 6.45) is 0. The van der Waals surface area contributed by atoms with Crippen molar-refractivity contribution in [1.82, 2.24) is 0 Å². The van der Waals surface area contributed by atoms with Crippen molar-refractivity contribution in [3.8, 4) is 5.75 Å². The summed E-state index contributed by atoms with van der Waals surface area (Å²) in [5.74, 6) is 0.118. The highest BCUT2D eigenvalue weighted by Crippen LogP contribution is 2.17. The maximum Gasteiger partial charge on any atom is 0.387 e. The minimum absolute atomic E-state index is 0.118. The molecule has 1 aromatic carbocycles. The van der Waals surface area contributed by atoms with Crippen molar-refractivity contribution >= 4 is 0 Å². The normalized spacial score (nSPS) is 12.9. The Bertz CT molecular complexity index is 277. The molecule has 5 heteroatoms. The number of ether oxygens (including phenoxy) is 1. The van der Waals surface area contributed by atoms with Crippen molar-refractivity contribution in [2.45, 2.75) is 12.7 Å². The number of hydrogen-bond acceptors (Lipinski definition) is 3. The fourth-order valence-corrected chi connectivity index (χ4v) is 1.03. The number of benzene rings is 1. The molecule has 1 unspecified atom stereocenters. The van der Waals surface area contributed by atoms with Gasteiger partial charge in [-0.3, -0.25) is 0 Å². The van der Waals surface area contributed by atoms with Crippen LogP contribution in [0.5, 0.6) is 5.75 Å². The average molecular weight is 202 g/mol. The molecule has 3 nitrogen and oxygen atoms in total. The van der Waals surface area contributed by atoms with Gasteiger partial charge in [-0.25, -0.2) is 0 Å². The molecule has 0 saturated carbocycles. The molecule has 0 amide bonds. The maximum atomic E-state index is 11.8. The average Bonchev–Trinajstić information content (AvgIpc) is 2.17. The molecule has 1 aromatic rings. The SMILES string of the molecule is NCC(N)c1ccc(OC(F)F)cc1. The second-order valence-corrected chi connectivity index (χ2v) is 2.79. The summed E-state index contributed by atoms with van der Waals surface area (Å²) in [4.78, 5) is 0. The molecule has 0 bridgehead atoms. The standard InChI is InChI=1S/C9H12F2N2O/c10-9(11)14-7-3-1-6(2-4-7)8(13)5-12/h1-4,8-9H,5,12-13H2. The Morgan fingerprint density at radius 1 is 1.21 bits per heavy atom. The molecule has 4 N–H and O–H groups in total. The van der Waals surface area contributed by atoms with Gasteiger partial charge < -0.3 is 16.2 Å². The van der Waals surface area contributed by atoms with E-state index in [1.165, 1.54) is 12.1 Å². The van der Waals surface area contributed by atoms with Gasteiger partial charge in [-0.2, -0.15) is 8.78 Å². The monoisotopic (exact) mass is 202 g/mol. The summed E-state index contributed by atoms with van der Waals surface area (Å²) in [6, 6.07) is 5.86. The minimum Gasteiger partial charge on any atom is -0.435 e. The number of nitrogens with two attached hydrogens (primary N) is 2. The van der Waals surface area contributed by atoms with Crippen LogP contribution in [0.25, 0.3) is 0 Å². The Balaban J connectivity index is 2.68. The van der Waals surface area contributed by atoms with Crippen molar-refractivity contribution in [2.24, 2.45) is 11.5 Å². The predicted octanol–water partition coefficient (Wildman–Crippen LogP) is 1.25. The van der Waals surface area contributed by atoms with E-state index >= 15 is 0 Å². The van der Waals surface area contributed by atoms with Gasteiger partial charge in [0, 0.05) is 12.6 Å². The Hall–Kier alpha value is -1.20. The van der Waals surface area contributed by atoms with Crippen LogP contribution in [0.2, 0.25) is 0 Å². The molecule has 14 heavy (non-hydrogen) atoms. The molecule has 0 spiro atoms. The predicted molar refractivity (Wildman–Crippen MR) is 49.1 cm³/mol. The van der Waals surface area contributed by atoms with Crippen molar-refractivity contribution < 1.29 is 13.5 Å². The number of alkyl halides is 2. The zero-order chi connectivity index (χ0) is 10.6. The van der Waals surface area contributed by atoms with E-state index in [0.29, 0.717) is 6.54 Å². The molecule has 0 aliphatic rings. The van der Waals surface area contributed by atoms with Gasteiger partial charge in [0.2, 0.25) is 0 Å². The first-order valence-corrected chi connectivity index (χ1v) is 4.14. The van der Waals surface area contributed by atoms with Crippen molar-refractivity contribution in [3.63, 3.8) is 0 Å². The van der Waals surface area contributed by atoms with Crippen molar-refractivity contribution in [2.75, 3.05) is 6.54 Å². The number of rotatable bonds is 4. The quantitative estimate of drug-likeness (QED) is 0.772. The van der Waals surface area contributed by atoms with Crippen molar-refractivity contribution in [1.29, 1.82) is 0 Å². The Morgan fingerprint density at radius 3 is 2.21 bits per heavy atom. The molecule has 78 valence electrons. The van der Waals surface area contributed by atoms with Crippen LogP contribution in [0.1, 0.15) is 11.6 Å². The van der Waals surface area contributed by atoms with Gasteiger partial charge >= 0.3 is 6.61 Å². The van der Waals surface area contributed by atoms with Crippen molar-refractivity contribution in [3.05, 3.63) is 29.8 Å². The van der Waals surface area contributed by atoms with Crippen LogP contribution in [0.15, 0.2) is 24.3 Å². The Labute approximate surface area is 80.7 Å². The summed E-state index contributed by atoms with van der Waals surface area (Å²) < 4.78 is 27.7. The van der Waals surface area contributed by atoms with Crippen LogP contribution in [-0.4, -0.2) is 13.2 Å². The lowest BCUT2D eigenvalue weighted by Crippen LogP contribution is -2.20. The third kappa shape index (κ3) is 2.93. The van der Waals surface area contributed by atoms with Gasteiger partial charge in [0.05, 0.1) is 0 Å². The molecule has 0 aliphatic heterocycles. The van der Waals surface area contributed by atoms with E-state index in [1.807, 2.05) is 0 Å². The van der Waals surface area contributed by atoms with Crippen LogP contribution in [0.3, 0.4) is 0 Å². The number of hydrogen-bond donors (Lipinski definition) is 2. The minimum atomic E-state index is -2.80. The van der Waals surface area contributed by atoms with E-state index < -0.39 is 6.61 Å². The molecule has 0 radical (unpaired) electrons. The van der Waals surface area contributed by atoms with E-state index in [2.05, 4.69) is 4.74 Å². The van der Waals surface area contributed by atoms with Gasteiger partial charge in [-0.05, 0) is 17.7 Å². The molecule has 1 atom stereocenters. The van der Waals surface area contributed by atoms with Gasteiger partial charge in [0.1, 0.15) is 5.75 Å². The topological polar surface area (TPSA) is 61.3 Å². The molecular formula is C9H12F2N2O. The first-order chi connectivity index (χ1) is 6.63. The van der Waals surface area contributed by atoms with E-state index in [-0.39, 0.29) is 11.8 Å². The lowest BCUT2D eigenvalue weighted by molar-refractivity contribution is -0.0498. The Kier molecular flexibility index (Phi) is 3.79. The van der Waals surface area contributed by atoms with Crippen LogP contribution in [0, 0.1) is 0 Å². The summed E-state index contributed by atoms with van der Waals surface area (Å²) >= 11 is 0. The van der Waals surface area contributed by atoms with Gasteiger partial charge in [0.15, 0.2) is 0 Å². The van der Waals surface area contributed by atoms with Crippen LogP contribution >= 0.6 is 0 Å². The van der Waals surface area contributed by atoms with Crippen LogP contribution < -0.4 is 16.2 Å². The highest BCUT2D eigenvalue weighted by atomic mass is 19.3. The largest absolute Gasteiger partial charge is 0.435 e. The highest BCUT2D eigenvalue weighted by Gasteiger charge is 2.06. The fourth-order valence-electron chi connectivity index (χ4n) is 1.03. The van der Waals surface area contributed by atoms with E-state index in [1.54, 1.807) is 12.1 Å². The third-order valence-electron chi connectivity index (χ3n) is 1.79. The van der Waals surface area contributed by atoms with E-state index in [9.17, 15) is 8.78 Å². The lowest BCUT2D eigenvalue weighted by Gasteiger charge is -2.10. The molecular weight excluding hydrogens is 190 g/mol. The van der Waals surface area contributed by atoms with E-state index in [4.69, 9.17) is 11.5 Å². The zero-order valence-electron chi connectivity index (χ0n) is 7.49. The van der Waals surface area contributed by atoms with Gasteiger partial charge in [-0.1, -0.05) is 12.1 Å². The number of halogens is 2. The van der Waals surface area contributed by atoms with Crippen LogP contribution in [-0.2, 0) is 0 Å². The van der Waals surface area contributed by atoms with Gasteiger partial charge in [0.25, 0.3) is 0 Å². The first kappa shape index (κ1) is 10.9. The smallest absolute Gasteiger partial charge is 0.387 e. The van der Waals surface area contributed by atoms with Gasteiger partial charge in [-0.15, -0.1) is 0 Å². The molecule has 0 aromatic heterocycles. The molecule has 0 aliphatic carbocycles. The zero-order valence-corrected chi connectivity index (χ0v) is 7.49. The molecule has 0 fully saturated rings. The second kappa shape index (κ2) is 4.88. The summed E-state index contributed by atoms with van der Waals surface area (Å²) in [7, 11) is 0. The molecule has 0 heterocycles. The third-order valence-corrected chi connectivity index (χ3v) is 1.79. The van der Waals surface area contributed by atoms with Crippen LogP contribution in [0.4, 0.5) is 8.78 Å². The Morgan fingerprint density at radius 2 is 1.79 bits per heavy atom. The summed E-state index contributed by atoms with van der Waals surface area (Å²) in [5.41, 5.74) is 11.8. The second-order valence-electron chi connectivity index (χ2n) is 2.79. The fraction of sp³-hybridized carbons (Fsp3) is 0.333. The molecule has 1 rings (SSSR count). The molecule has 0 saturated heterocycles. The van der Waals surface area contributed by atoms with E-state index in [0.717, 1.165) is 5.56 Å². The first-order valence-electron chi connectivity index (χ1n) is 4.14.